The monoisotopic (exact) mass is 416 g/mol. The van der Waals surface area contributed by atoms with Crippen LogP contribution in [0.4, 0.5) is 11.4 Å². The smallest absolute Gasteiger partial charge is 0.315 e. The minimum Gasteiger partial charge on any atom is -0.494 e. The van der Waals surface area contributed by atoms with E-state index < -0.39 is 0 Å². The van der Waals surface area contributed by atoms with Gasteiger partial charge in [-0.25, -0.2) is 0 Å². The van der Waals surface area contributed by atoms with Crippen LogP contribution in [-0.4, -0.2) is 42.5 Å². The molecule has 0 heterocycles. The first-order chi connectivity index (χ1) is 14.0. The fourth-order valence-corrected chi connectivity index (χ4v) is 3.02. The molecule has 2 amide bonds. The van der Waals surface area contributed by atoms with Gasteiger partial charge in [-0.2, -0.15) is 0 Å². The first kappa shape index (κ1) is 22.3. The van der Waals surface area contributed by atoms with Gasteiger partial charge < -0.3 is 20.1 Å². The van der Waals surface area contributed by atoms with Crippen molar-refractivity contribution < 1.29 is 23.9 Å². The lowest BCUT2D eigenvalue weighted by Crippen LogP contribution is -2.20. The molecule has 0 fully saturated rings. The number of esters is 1. The Morgan fingerprint density at radius 3 is 2.31 bits per heavy atom. The molecule has 29 heavy (non-hydrogen) atoms. The molecule has 0 bridgehead atoms. The van der Waals surface area contributed by atoms with Crippen molar-refractivity contribution in [2.75, 3.05) is 35.4 Å². The van der Waals surface area contributed by atoms with Crippen LogP contribution < -0.4 is 15.4 Å². The first-order valence-corrected chi connectivity index (χ1v) is 10.4. The molecule has 0 aliphatic heterocycles. The summed E-state index contributed by atoms with van der Waals surface area (Å²) in [5, 5.41) is 5.52. The molecule has 154 valence electrons. The van der Waals surface area contributed by atoms with Crippen LogP contribution in [0.5, 0.6) is 5.75 Å². The quantitative estimate of drug-likeness (QED) is 0.575. The zero-order valence-corrected chi connectivity index (χ0v) is 17.2. The summed E-state index contributed by atoms with van der Waals surface area (Å²) in [4.78, 5) is 36.1. The summed E-state index contributed by atoms with van der Waals surface area (Å²) in [5.74, 6) is -0.113. The summed E-state index contributed by atoms with van der Waals surface area (Å²) in [6.45, 7) is 4.50. The molecule has 0 radical (unpaired) electrons. The molecule has 0 spiro atoms. The van der Waals surface area contributed by atoms with Gasteiger partial charge in [0.2, 0.25) is 5.91 Å². The number of anilines is 2. The summed E-state index contributed by atoms with van der Waals surface area (Å²) in [6.07, 6.45) is 0. The maximum atomic E-state index is 12.6. The Morgan fingerprint density at radius 2 is 1.62 bits per heavy atom. The molecule has 2 N–H and O–H groups in total. The summed E-state index contributed by atoms with van der Waals surface area (Å²) in [7, 11) is 0. The molecule has 8 heteroatoms. The lowest BCUT2D eigenvalue weighted by atomic mass is 10.1. The van der Waals surface area contributed by atoms with Crippen LogP contribution in [0.3, 0.4) is 0 Å². The molecule has 0 aromatic heterocycles. The fourth-order valence-electron chi connectivity index (χ4n) is 2.41. The van der Waals surface area contributed by atoms with Crippen molar-refractivity contribution in [2.45, 2.75) is 13.8 Å². The van der Waals surface area contributed by atoms with Crippen molar-refractivity contribution in [1.82, 2.24) is 0 Å². The molecular weight excluding hydrogens is 392 g/mol. The van der Waals surface area contributed by atoms with E-state index in [2.05, 4.69) is 10.6 Å². The number of carbonyl (C=O) groups is 3. The molecule has 0 aliphatic rings. The molecule has 0 aliphatic carbocycles. The van der Waals surface area contributed by atoms with E-state index in [0.717, 1.165) is 17.5 Å². The predicted molar refractivity (Wildman–Crippen MR) is 115 cm³/mol. The van der Waals surface area contributed by atoms with Gasteiger partial charge in [-0.05, 0) is 50.2 Å². The molecule has 0 unspecified atom stereocenters. The third-order valence-corrected chi connectivity index (χ3v) is 4.53. The second-order valence-corrected chi connectivity index (χ2v) is 6.79. The van der Waals surface area contributed by atoms with Gasteiger partial charge in [0.1, 0.15) is 5.75 Å². The van der Waals surface area contributed by atoms with E-state index in [1.54, 1.807) is 55.5 Å². The molecule has 2 aromatic carbocycles. The molecule has 2 rings (SSSR count). The molecular formula is C21H24N2O5S. The van der Waals surface area contributed by atoms with E-state index in [1.807, 2.05) is 6.92 Å². The summed E-state index contributed by atoms with van der Waals surface area (Å²) in [5.41, 5.74) is 1.35. The maximum Gasteiger partial charge on any atom is 0.315 e. The van der Waals surface area contributed by atoms with Crippen LogP contribution in [0, 0.1) is 0 Å². The van der Waals surface area contributed by atoms with Crippen LogP contribution in [0.2, 0.25) is 0 Å². The minimum absolute atomic E-state index is 0.0770. The van der Waals surface area contributed by atoms with Crippen LogP contribution in [0.1, 0.15) is 24.2 Å². The van der Waals surface area contributed by atoms with E-state index in [1.165, 1.54) is 0 Å². The number of thioether (sulfide) groups is 1. The van der Waals surface area contributed by atoms with Crippen molar-refractivity contribution >= 4 is 40.9 Å². The number of hydrogen-bond donors (Lipinski definition) is 2. The number of carbonyl (C=O) groups excluding carboxylic acids is 3. The van der Waals surface area contributed by atoms with Crippen LogP contribution in [0.25, 0.3) is 0 Å². The second kappa shape index (κ2) is 11.8. The minimum atomic E-state index is -0.361. The average molecular weight is 416 g/mol. The predicted octanol–water partition coefficient (Wildman–Crippen LogP) is 3.57. The highest BCUT2D eigenvalue weighted by Crippen LogP contribution is 2.20. The number of amides is 2. The lowest BCUT2D eigenvalue weighted by molar-refractivity contribution is -0.139. The summed E-state index contributed by atoms with van der Waals surface area (Å²) < 4.78 is 10.2. The zero-order valence-electron chi connectivity index (χ0n) is 16.4. The Labute approximate surface area is 174 Å². The second-order valence-electron chi connectivity index (χ2n) is 5.80. The van der Waals surface area contributed by atoms with E-state index in [9.17, 15) is 14.4 Å². The van der Waals surface area contributed by atoms with Crippen molar-refractivity contribution in [3.8, 4) is 5.75 Å². The first-order valence-electron chi connectivity index (χ1n) is 9.20. The SMILES string of the molecule is CCOC(=O)CSCC(=O)Nc1ccccc1C(=O)Nc1ccc(OCC)cc1. The topological polar surface area (TPSA) is 93.7 Å². The number of nitrogens with one attached hydrogen (secondary N) is 2. The largest absolute Gasteiger partial charge is 0.494 e. The Kier molecular flexibility index (Phi) is 9.04. The highest BCUT2D eigenvalue weighted by atomic mass is 32.2. The van der Waals surface area contributed by atoms with Gasteiger partial charge in [-0.15, -0.1) is 11.8 Å². The Hall–Kier alpha value is -3.00. The van der Waals surface area contributed by atoms with Gasteiger partial charge >= 0.3 is 5.97 Å². The number of benzene rings is 2. The van der Waals surface area contributed by atoms with Gasteiger partial charge in [-0.1, -0.05) is 12.1 Å². The molecule has 0 saturated carbocycles. The van der Waals surface area contributed by atoms with E-state index in [4.69, 9.17) is 9.47 Å². The standard InChI is InChI=1S/C21H24N2O5S/c1-3-27-16-11-9-15(10-12-16)22-21(26)17-7-5-6-8-18(17)23-19(24)13-29-14-20(25)28-4-2/h5-12H,3-4,13-14H2,1-2H3,(H,22,26)(H,23,24). The number of ether oxygens (including phenoxy) is 2. The van der Waals surface area contributed by atoms with E-state index >= 15 is 0 Å². The van der Waals surface area contributed by atoms with Gasteiger partial charge in [0.05, 0.1) is 36.0 Å². The number of hydrogen-bond acceptors (Lipinski definition) is 6. The fraction of sp³-hybridized carbons (Fsp3) is 0.286. The zero-order chi connectivity index (χ0) is 21.1. The van der Waals surface area contributed by atoms with Crippen LogP contribution >= 0.6 is 11.8 Å². The van der Waals surface area contributed by atoms with Gasteiger partial charge in [0.15, 0.2) is 0 Å². The lowest BCUT2D eigenvalue weighted by Gasteiger charge is -2.12. The normalized spacial score (nSPS) is 10.1. The molecule has 0 atom stereocenters. The van der Waals surface area contributed by atoms with Crippen molar-refractivity contribution in [2.24, 2.45) is 0 Å². The van der Waals surface area contributed by atoms with E-state index in [0.29, 0.717) is 30.2 Å². The van der Waals surface area contributed by atoms with Gasteiger partial charge in [0.25, 0.3) is 5.91 Å². The van der Waals surface area contributed by atoms with E-state index in [-0.39, 0.29) is 29.3 Å². The van der Waals surface area contributed by atoms with Gasteiger partial charge in [0, 0.05) is 5.69 Å². The Balaban J connectivity index is 1.95. The molecule has 7 nitrogen and oxygen atoms in total. The van der Waals surface area contributed by atoms with Crippen molar-refractivity contribution in [3.63, 3.8) is 0 Å². The average Bonchev–Trinajstić information content (AvgIpc) is 2.70. The number of para-hydroxylation sites is 1. The summed E-state index contributed by atoms with van der Waals surface area (Å²) >= 11 is 1.15. The number of rotatable bonds is 10. The van der Waals surface area contributed by atoms with Gasteiger partial charge in [-0.3, -0.25) is 14.4 Å². The van der Waals surface area contributed by atoms with Crippen LogP contribution in [-0.2, 0) is 14.3 Å². The maximum absolute atomic E-state index is 12.6. The summed E-state index contributed by atoms with van der Waals surface area (Å²) in [6, 6.07) is 13.8. The highest BCUT2D eigenvalue weighted by molar-refractivity contribution is 8.00. The van der Waals surface area contributed by atoms with Crippen molar-refractivity contribution in [3.05, 3.63) is 54.1 Å². The van der Waals surface area contributed by atoms with Crippen molar-refractivity contribution in [1.29, 1.82) is 0 Å². The third kappa shape index (κ3) is 7.50. The molecule has 2 aromatic rings. The highest BCUT2D eigenvalue weighted by Gasteiger charge is 2.14. The van der Waals surface area contributed by atoms with Crippen LogP contribution in [0.15, 0.2) is 48.5 Å². The molecule has 0 saturated heterocycles. The Bertz CT molecular complexity index is 839. The third-order valence-electron chi connectivity index (χ3n) is 3.63. The Morgan fingerprint density at radius 1 is 0.897 bits per heavy atom.